The van der Waals surface area contributed by atoms with Crippen molar-refractivity contribution in [2.75, 3.05) is 14.2 Å². The number of benzene rings is 2. The Morgan fingerprint density at radius 1 is 1.03 bits per heavy atom. The average molecular weight is 531 g/mol. The number of tetrazole rings is 1. The fraction of sp³-hybridized carbons (Fsp3) is 0.333. The molecule has 1 atom stereocenters. The molecule has 3 heterocycles. The van der Waals surface area contributed by atoms with E-state index >= 15 is 0 Å². The molecule has 12 heteroatoms. The van der Waals surface area contributed by atoms with Crippen LogP contribution in [0.2, 0.25) is 0 Å². The van der Waals surface area contributed by atoms with Crippen LogP contribution in [0.25, 0.3) is 33.7 Å². The Morgan fingerprint density at radius 3 is 2.41 bits per heavy atom. The zero-order chi connectivity index (χ0) is 27.5. The van der Waals surface area contributed by atoms with Crippen LogP contribution in [0, 0.1) is 0 Å². The first-order chi connectivity index (χ1) is 19.0. The summed E-state index contributed by atoms with van der Waals surface area (Å²) in [5.41, 5.74) is 3.18. The first-order valence-electron chi connectivity index (χ1n) is 12.7. The lowest BCUT2D eigenvalue weighted by molar-refractivity contribution is 0.0456. The van der Waals surface area contributed by atoms with Crippen molar-refractivity contribution in [2.45, 2.75) is 45.9 Å². The van der Waals surface area contributed by atoms with Gasteiger partial charge in [-0.15, -0.1) is 14.9 Å². The van der Waals surface area contributed by atoms with E-state index in [2.05, 4.69) is 27.5 Å². The first-order valence-corrected chi connectivity index (χ1v) is 12.7. The second kappa shape index (κ2) is 11.0. The summed E-state index contributed by atoms with van der Waals surface area (Å²) >= 11 is 0. The number of aromatic amines is 1. The number of methoxy groups -OCH3 is 1. The van der Waals surface area contributed by atoms with Crippen LogP contribution in [0.3, 0.4) is 0 Å². The van der Waals surface area contributed by atoms with Crippen molar-refractivity contribution in [3.05, 3.63) is 80.8 Å². The summed E-state index contributed by atoms with van der Waals surface area (Å²) < 4.78 is 9.29. The third kappa shape index (κ3) is 4.74. The fourth-order valence-electron chi connectivity index (χ4n) is 4.69. The van der Waals surface area contributed by atoms with Crippen LogP contribution < -0.4 is 16.1 Å². The monoisotopic (exact) mass is 530 g/mol. The highest BCUT2D eigenvalue weighted by Gasteiger charge is 2.24. The molecular formula is C27H30N8O4. The van der Waals surface area contributed by atoms with Crippen molar-refractivity contribution in [1.29, 1.82) is 0 Å². The fourth-order valence-corrected chi connectivity index (χ4v) is 4.69. The normalized spacial score (nSPS) is 12.2. The predicted molar refractivity (Wildman–Crippen MR) is 145 cm³/mol. The van der Waals surface area contributed by atoms with Crippen LogP contribution in [-0.2, 0) is 17.7 Å². The molecule has 0 fully saturated rings. The molecule has 0 bridgehead atoms. The van der Waals surface area contributed by atoms with Gasteiger partial charge in [0, 0.05) is 25.6 Å². The number of imidazole rings is 1. The van der Waals surface area contributed by atoms with Crippen molar-refractivity contribution < 1.29 is 9.57 Å². The van der Waals surface area contributed by atoms with Gasteiger partial charge in [0.15, 0.2) is 5.52 Å². The molecule has 1 N–H and O–H groups in total. The molecule has 0 saturated carbocycles. The predicted octanol–water partition coefficient (Wildman–Crippen LogP) is 2.82. The van der Waals surface area contributed by atoms with Crippen LogP contribution in [0.4, 0.5) is 0 Å². The largest absolute Gasteiger partial charge is 0.411 e. The van der Waals surface area contributed by atoms with Gasteiger partial charge in [0.25, 0.3) is 5.56 Å². The average Bonchev–Trinajstić information content (AvgIpc) is 3.61. The van der Waals surface area contributed by atoms with E-state index in [1.807, 2.05) is 53.1 Å². The Labute approximate surface area is 223 Å². The first kappa shape index (κ1) is 26.0. The minimum atomic E-state index is -0.781. The molecule has 5 rings (SSSR count). The van der Waals surface area contributed by atoms with E-state index in [0.717, 1.165) is 44.4 Å². The van der Waals surface area contributed by atoms with Gasteiger partial charge >= 0.3 is 5.69 Å². The number of fused-ring (bicyclic) bond motifs is 1. The second-order valence-electron chi connectivity index (χ2n) is 9.14. The molecule has 202 valence electrons. The standard InChI is InChI=1S/C27H30N8O4/c1-5-6-11-22-28-25-23(26(36)34(17(2)38-3)27(37)35(25)39-4)33(22)16-18-12-14-19(15-13-18)20-9-7-8-10-21(20)24-29-31-32-30-24/h7-10,12-15,17H,5-6,11,16H2,1-4H3,(H,29,30,31,32). The van der Waals surface area contributed by atoms with E-state index in [9.17, 15) is 9.59 Å². The zero-order valence-corrected chi connectivity index (χ0v) is 22.3. The third-order valence-corrected chi connectivity index (χ3v) is 6.78. The molecule has 12 nitrogen and oxygen atoms in total. The highest BCUT2D eigenvalue weighted by molar-refractivity contribution is 5.80. The van der Waals surface area contributed by atoms with Gasteiger partial charge in [0.1, 0.15) is 19.2 Å². The Bertz CT molecular complexity index is 1700. The van der Waals surface area contributed by atoms with Crippen LogP contribution >= 0.6 is 0 Å². The highest BCUT2D eigenvalue weighted by atomic mass is 16.7. The summed E-state index contributed by atoms with van der Waals surface area (Å²) in [5, 5.41) is 14.4. The Kier molecular flexibility index (Phi) is 7.37. The third-order valence-electron chi connectivity index (χ3n) is 6.78. The molecule has 5 aromatic rings. The van der Waals surface area contributed by atoms with Gasteiger partial charge in [-0.05, 0) is 35.2 Å². The van der Waals surface area contributed by atoms with Crippen molar-refractivity contribution in [1.82, 2.24) is 39.5 Å². The molecule has 3 aromatic heterocycles. The van der Waals surface area contributed by atoms with E-state index in [1.165, 1.54) is 14.2 Å². The van der Waals surface area contributed by atoms with Gasteiger partial charge in [-0.25, -0.2) is 14.3 Å². The molecule has 1 unspecified atom stereocenters. The van der Waals surface area contributed by atoms with E-state index in [1.54, 1.807) is 6.92 Å². The number of hydrogen-bond acceptors (Lipinski definition) is 8. The molecular weight excluding hydrogens is 500 g/mol. The van der Waals surface area contributed by atoms with Gasteiger partial charge in [0.05, 0.1) is 0 Å². The lowest BCUT2D eigenvalue weighted by Gasteiger charge is -2.16. The minimum Gasteiger partial charge on any atom is -0.411 e. The van der Waals surface area contributed by atoms with E-state index in [0.29, 0.717) is 24.6 Å². The molecule has 0 aliphatic rings. The van der Waals surface area contributed by atoms with Crippen molar-refractivity contribution >= 4 is 11.2 Å². The summed E-state index contributed by atoms with van der Waals surface area (Å²) in [4.78, 5) is 36.8. The SMILES string of the molecule is CCCCc1nc2c(c(=O)n(C(C)OC)c(=O)n2OC)n1Cc1ccc(-c2ccccc2-c2nn[nH]n2)cc1. The number of nitrogens with zero attached hydrogens (tertiary/aromatic N) is 7. The number of nitrogens with one attached hydrogen (secondary N) is 1. The van der Waals surface area contributed by atoms with Gasteiger partial charge in [-0.1, -0.05) is 61.9 Å². The van der Waals surface area contributed by atoms with E-state index in [-0.39, 0.29) is 11.2 Å². The topological polar surface area (TPSA) is 135 Å². The lowest BCUT2D eigenvalue weighted by atomic mass is 9.98. The number of hydrogen-bond donors (Lipinski definition) is 1. The molecule has 0 saturated heterocycles. The molecule has 2 aromatic carbocycles. The number of aromatic nitrogens is 8. The summed E-state index contributed by atoms with van der Waals surface area (Å²) in [6, 6.07) is 15.9. The van der Waals surface area contributed by atoms with Crippen molar-refractivity contribution in [3.63, 3.8) is 0 Å². The molecule has 0 radical (unpaired) electrons. The summed E-state index contributed by atoms with van der Waals surface area (Å²) in [7, 11) is 2.82. The van der Waals surface area contributed by atoms with Gasteiger partial charge in [0.2, 0.25) is 11.5 Å². The zero-order valence-electron chi connectivity index (χ0n) is 22.3. The molecule has 0 aliphatic heterocycles. The number of H-pyrrole nitrogens is 1. The van der Waals surface area contributed by atoms with Crippen LogP contribution in [0.15, 0.2) is 58.1 Å². The number of aryl methyl sites for hydroxylation is 1. The Morgan fingerprint density at radius 2 is 1.77 bits per heavy atom. The number of ether oxygens (including phenoxy) is 1. The summed E-state index contributed by atoms with van der Waals surface area (Å²) in [5.74, 6) is 1.23. The lowest BCUT2D eigenvalue weighted by Crippen LogP contribution is -2.44. The van der Waals surface area contributed by atoms with Crippen LogP contribution in [0.5, 0.6) is 0 Å². The summed E-state index contributed by atoms with van der Waals surface area (Å²) in [6.45, 7) is 4.12. The van der Waals surface area contributed by atoms with Gasteiger partial charge in [-0.2, -0.15) is 5.21 Å². The molecule has 39 heavy (non-hydrogen) atoms. The number of rotatable bonds is 10. The van der Waals surface area contributed by atoms with E-state index < -0.39 is 17.5 Å². The van der Waals surface area contributed by atoms with Crippen molar-refractivity contribution in [3.8, 4) is 22.5 Å². The Balaban J connectivity index is 1.60. The van der Waals surface area contributed by atoms with Crippen molar-refractivity contribution in [2.24, 2.45) is 0 Å². The minimum absolute atomic E-state index is 0.198. The second-order valence-corrected chi connectivity index (χ2v) is 9.14. The Hall–Kier alpha value is -4.58. The molecule has 0 amide bonds. The maximum absolute atomic E-state index is 13.6. The van der Waals surface area contributed by atoms with Gasteiger partial charge in [-0.3, -0.25) is 4.79 Å². The molecule has 0 spiro atoms. The highest BCUT2D eigenvalue weighted by Crippen LogP contribution is 2.30. The smallest absolute Gasteiger partial charge is 0.368 e. The number of unbranched alkanes of at least 4 members (excludes halogenated alkanes) is 1. The maximum Gasteiger partial charge on any atom is 0.368 e. The summed E-state index contributed by atoms with van der Waals surface area (Å²) in [6.07, 6.45) is 1.71. The van der Waals surface area contributed by atoms with E-state index in [4.69, 9.17) is 14.6 Å². The molecule has 0 aliphatic carbocycles. The quantitative estimate of drug-likeness (QED) is 0.291. The van der Waals surface area contributed by atoms with Crippen LogP contribution in [-0.4, -0.2) is 53.7 Å². The van der Waals surface area contributed by atoms with Crippen LogP contribution in [0.1, 0.15) is 44.3 Å². The maximum atomic E-state index is 13.6. The van der Waals surface area contributed by atoms with Gasteiger partial charge < -0.3 is 14.1 Å².